The van der Waals surface area contributed by atoms with Gasteiger partial charge >= 0.3 is 6.03 Å². The summed E-state index contributed by atoms with van der Waals surface area (Å²) in [5.41, 5.74) is 0.926. The van der Waals surface area contributed by atoms with Crippen molar-refractivity contribution in [3.8, 4) is 5.75 Å². The zero-order chi connectivity index (χ0) is 25.8. The molecule has 0 aromatic heterocycles. The maximum absolute atomic E-state index is 13.2. The van der Waals surface area contributed by atoms with Gasteiger partial charge in [0.25, 0.3) is 17.7 Å². The molecule has 1 heterocycles. The van der Waals surface area contributed by atoms with E-state index in [0.717, 1.165) is 9.37 Å². The van der Waals surface area contributed by atoms with Crippen molar-refractivity contribution in [3.63, 3.8) is 0 Å². The molecule has 4 rings (SSSR count). The first-order valence-corrected chi connectivity index (χ1v) is 12.3. The van der Waals surface area contributed by atoms with Gasteiger partial charge in [0.05, 0.1) is 5.69 Å². The first-order valence-electron chi connectivity index (χ1n) is 10.4. The molecule has 0 spiro atoms. The van der Waals surface area contributed by atoms with Crippen LogP contribution in [0.25, 0.3) is 6.08 Å². The molecule has 8 nitrogen and oxygen atoms in total. The Bertz CT molecular complexity index is 1390. The number of carbonyl (C=O) groups is 4. The second kappa shape index (κ2) is 11.1. The van der Waals surface area contributed by atoms with E-state index in [1.807, 2.05) is 0 Å². The summed E-state index contributed by atoms with van der Waals surface area (Å²) in [6.07, 6.45) is 1.31. The van der Waals surface area contributed by atoms with Crippen LogP contribution in [-0.2, 0) is 14.4 Å². The monoisotopic (exact) mass is 631 g/mol. The number of anilines is 2. The molecule has 1 aliphatic heterocycles. The minimum atomic E-state index is -0.853. The highest BCUT2D eigenvalue weighted by molar-refractivity contribution is 9.10. The van der Waals surface area contributed by atoms with Crippen LogP contribution >= 0.6 is 43.5 Å². The maximum atomic E-state index is 13.2. The lowest BCUT2D eigenvalue weighted by Crippen LogP contribution is -2.54. The van der Waals surface area contributed by atoms with E-state index in [1.54, 1.807) is 66.7 Å². The molecule has 0 aliphatic carbocycles. The smallest absolute Gasteiger partial charge is 0.335 e. The summed E-state index contributed by atoms with van der Waals surface area (Å²) < 4.78 is 7.09. The van der Waals surface area contributed by atoms with Crippen LogP contribution in [-0.4, -0.2) is 30.4 Å². The fourth-order valence-electron chi connectivity index (χ4n) is 3.27. The Hall–Kier alpha value is -3.47. The van der Waals surface area contributed by atoms with Crippen LogP contribution in [0.1, 0.15) is 5.56 Å². The maximum Gasteiger partial charge on any atom is 0.335 e. The highest BCUT2D eigenvalue weighted by Crippen LogP contribution is 2.28. The topological polar surface area (TPSA) is 105 Å². The highest BCUT2D eigenvalue weighted by atomic mass is 79.9. The van der Waals surface area contributed by atoms with Gasteiger partial charge in [-0.05, 0) is 72.8 Å². The van der Waals surface area contributed by atoms with Gasteiger partial charge in [-0.15, -0.1) is 0 Å². The fraction of sp³-hybridized carbons (Fsp3) is 0.0400. The molecule has 1 aliphatic rings. The van der Waals surface area contributed by atoms with Crippen molar-refractivity contribution in [3.05, 3.63) is 91.8 Å². The summed E-state index contributed by atoms with van der Waals surface area (Å²) in [6, 6.07) is 17.1. The van der Waals surface area contributed by atoms with E-state index in [0.29, 0.717) is 26.4 Å². The number of ether oxygens (including phenoxy) is 1. The van der Waals surface area contributed by atoms with Gasteiger partial charge in [0.1, 0.15) is 11.3 Å². The van der Waals surface area contributed by atoms with Crippen LogP contribution in [0.2, 0.25) is 5.02 Å². The number of carbonyl (C=O) groups excluding carboxylic acids is 4. The molecule has 0 unspecified atom stereocenters. The van der Waals surface area contributed by atoms with Crippen molar-refractivity contribution >= 4 is 84.7 Å². The van der Waals surface area contributed by atoms with Crippen LogP contribution < -0.4 is 20.3 Å². The first kappa shape index (κ1) is 25.6. The number of hydrogen-bond donors (Lipinski definition) is 2. The Labute approximate surface area is 227 Å². The van der Waals surface area contributed by atoms with E-state index in [9.17, 15) is 19.2 Å². The van der Waals surface area contributed by atoms with E-state index in [4.69, 9.17) is 16.3 Å². The number of nitrogens with zero attached hydrogens (tertiary/aromatic N) is 1. The first-order chi connectivity index (χ1) is 17.2. The normalized spacial score (nSPS) is 14.6. The molecule has 0 bridgehead atoms. The molecule has 3 aromatic carbocycles. The molecule has 5 amide bonds. The third-order valence-corrected chi connectivity index (χ3v) is 6.22. The molecular formula is C25H16Br2ClN3O5. The number of rotatable bonds is 6. The van der Waals surface area contributed by atoms with Gasteiger partial charge in [-0.1, -0.05) is 43.5 Å². The van der Waals surface area contributed by atoms with Gasteiger partial charge in [0, 0.05) is 25.2 Å². The Kier molecular flexibility index (Phi) is 7.88. The van der Waals surface area contributed by atoms with Gasteiger partial charge in [-0.2, -0.15) is 0 Å². The van der Waals surface area contributed by atoms with Crippen molar-refractivity contribution in [2.45, 2.75) is 0 Å². The van der Waals surface area contributed by atoms with Crippen molar-refractivity contribution in [2.75, 3.05) is 16.8 Å². The van der Waals surface area contributed by atoms with Gasteiger partial charge < -0.3 is 10.1 Å². The summed E-state index contributed by atoms with van der Waals surface area (Å²) >= 11 is 12.5. The van der Waals surface area contributed by atoms with Gasteiger partial charge in [0.15, 0.2) is 6.61 Å². The van der Waals surface area contributed by atoms with Crippen molar-refractivity contribution in [1.82, 2.24) is 5.32 Å². The number of imide groups is 2. The van der Waals surface area contributed by atoms with E-state index in [2.05, 4.69) is 42.5 Å². The quantitative estimate of drug-likeness (QED) is 0.274. The predicted molar refractivity (Wildman–Crippen MR) is 143 cm³/mol. The van der Waals surface area contributed by atoms with Crippen LogP contribution in [0.15, 0.2) is 81.2 Å². The molecular weight excluding hydrogens is 618 g/mol. The molecule has 1 fully saturated rings. The zero-order valence-corrected chi connectivity index (χ0v) is 22.2. The third-order valence-electron chi connectivity index (χ3n) is 4.94. The molecule has 2 N–H and O–H groups in total. The summed E-state index contributed by atoms with van der Waals surface area (Å²) in [7, 11) is 0. The van der Waals surface area contributed by atoms with Crippen molar-refractivity contribution < 1.29 is 23.9 Å². The van der Waals surface area contributed by atoms with Crippen LogP contribution in [0.5, 0.6) is 5.75 Å². The molecule has 3 aromatic rings. The Morgan fingerprint density at radius 1 is 0.972 bits per heavy atom. The largest absolute Gasteiger partial charge is 0.483 e. The van der Waals surface area contributed by atoms with E-state index in [-0.39, 0.29) is 17.9 Å². The third kappa shape index (κ3) is 6.01. The number of urea groups is 1. The van der Waals surface area contributed by atoms with Gasteiger partial charge in [-0.3, -0.25) is 19.7 Å². The van der Waals surface area contributed by atoms with Crippen molar-refractivity contribution in [2.24, 2.45) is 0 Å². The molecule has 0 radical (unpaired) electrons. The van der Waals surface area contributed by atoms with E-state index < -0.39 is 23.8 Å². The fourth-order valence-corrected chi connectivity index (χ4v) is 4.04. The standard InChI is InChI=1S/C25H16Br2ClN3O5/c26-15-1-8-19(9-2-15)31-24(34)20(23(33)30-25(31)35)12-14-11-16(27)3-10-21(14)36-13-22(32)29-18-6-4-17(28)5-7-18/h1-12H,13H2,(H,29,32)(H,30,33,35)/b20-12+. The number of amides is 5. The zero-order valence-electron chi connectivity index (χ0n) is 18.3. The second-order valence-corrected chi connectivity index (χ2v) is 9.73. The van der Waals surface area contributed by atoms with Crippen LogP contribution in [0.3, 0.4) is 0 Å². The molecule has 11 heteroatoms. The summed E-state index contributed by atoms with van der Waals surface area (Å²) in [4.78, 5) is 51.4. The second-order valence-electron chi connectivity index (χ2n) is 7.46. The molecule has 0 atom stereocenters. The Morgan fingerprint density at radius 3 is 2.33 bits per heavy atom. The lowest BCUT2D eigenvalue weighted by atomic mass is 10.1. The molecule has 182 valence electrons. The average molecular weight is 634 g/mol. The summed E-state index contributed by atoms with van der Waals surface area (Å²) in [5, 5.41) is 5.41. The number of barbiturate groups is 1. The van der Waals surface area contributed by atoms with Crippen molar-refractivity contribution in [1.29, 1.82) is 0 Å². The van der Waals surface area contributed by atoms with E-state index >= 15 is 0 Å². The minimum absolute atomic E-state index is 0.254. The number of benzene rings is 3. The van der Waals surface area contributed by atoms with E-state index in [1.165, 1.54) is 6.08 Å². The lowest BCUT2D eigenvalue weighted by Gasteiger charge is -2.26. The van der Waals surface area contributed by atoms with Gasteiger partial charge in [-0.25, -0.2) is 9.69 Å². The Balaban J connectivity index is 1.57. The number of nitrogens with one attached hydrogen (secondary N) is 2. The average Bonchev–Trinajstić information content (AvgIpc) is 2.84. The SMILES string of the molecule is O=C(COc1ccc(Br)cc1/C=C1\C(=O)NC(=O)N(c2ccc(Br)cc2)C1=O)Nc1ccc(Cl)cc1. The predicted octanol–water partition coefficient (Wildman–Crippen LogP) is 5.55. The minimum Gasteiger partial charge on any atom is -0.483 e. The Morgan fingerprint density at radius 2 is 1.64 bits per heavy atom. The van der Waals surface area contributed by atoms with Crippen LogP contribution in [0, 0.1) is 0 Å². The number of halogens is 3. The molecule has 1 saturated heterocycles. The molecule has 0 saturated carbocycles. The van der Waals surface area contributed by atoms with Gasteiger partial charge in [0.2, 0.25) is 0 Å². The molecule has 36 heavy (non-hydrogen) atoms. The summed E-state index contributed by atoms with van der Waals surface area (Å²) in [6.45, 7) is -0.329. The lowest BCUT2D eigenvalue weighted by molar-refractivity contribution is -0.122. The van der Waals surface area contributed by atoms with Crippen LogP contribution in [0.4, 0.5) is 16.2 Å². The highest BCUT2D eigenvalue weighted by Gasteiger charge is 2.37. The number of hydrogen-bond acceptors (Lipinski definition) is 5. The summed E-state index contributed by atoms with van der Waals surface area (Å²) in [5.74, 6) is -1.80.